The fourth-order valence-electron chi connectivity index (χ4n) is 3.08. The molecule has 1 heterocycles. The number of carbonyl (C=O) groups is 1. The molecule has 7 heteroatoms. The Hall–Kier alpha value is -3.35. The fraction of sp³-hybridized carbons (Fsp3) is 0.348. The van der Waals surface area contributed by atoms with E-state index in [0.29, 0.717) is 36.0 Å². The van der Waals surface area contributed by atoms with Crippen LogP contribution in [-0.2, 0) is 6.54 Å². The Kier molecular flexibility index (Phi) is 7.06. The summed E-state index contributed by atoms with van der Waals surface area (Å²) in [6.07, 6.45) is 2.06. The highest BCUT2D eigenvalue weighted by Gasteiger charge is 2.17. The average Bonchev–Trinajstić information content (AvgIpc) is 3.14. The lowest BCUT2D eigenvalue weighted by molar-refractivity contribution is 0.0945. The zero-order valence-corrected chi connectivity index (χ0v) is 17.9. The summed E-state index contributed by atoms with van der Waals surface area (Å²) in [5, 5.41) is 11.1. The molecule has 0 saturated carbocycles. The number of nitrogens with zero attached hydrogens (tertiary/aromatic N) is 3. The number of unbranched alkanes of at least 4 members (excludes halogenated alkanes) is 1. The van der Waals surface area contributed by atoms with Crippen LogP contribution >= 0.6 is 0 Å². The summed E-state index contributed by atoms with van der Waals surface area (Å²) in [5.74, 6) is 1.09. The molecule has 0 unspecified atom stereocenters. The third kappa shape index (κ3) is 4.97. The standard InChI is InChI=1S/C23H28N4O3/c1-5-6-12-30-20-11-10-18(14-21(20)29-4)15-24-23(28)22-17(3)27(26-25-22)19-9-7-8-16(2)13-19/h7-11,13-14H,5-6,12,15H2,1-4H3,(H,24,28). The SMILES string of the molecule is CCCCOc1ccc(CNC(=O)c2nnn(-c3cccc(C)c3)c2C)cc1OC. The lowest BCUT2D eigenvalue weighted by Gasteiger charge is -2.12. The van der Waals surface area contributed by atoms with Gasteiger partial charge in [0.25, 0.3) is 5.91 Å². The summed E-state index contributed by atoms with van der Waals surface area (Å²) in [4.78, 5) is 12.7. The van der Waals surface area contributed by atoms with E-state index in [9.17, 15) is 4.79 Å². The Morgan fingerprint density at radius 2 is 1.97 bits per heavy atom. The molecule has 3 rings (SSSR count). The maximum Gasteiger partial charge on any atom is 0.274 e. The predicted octanol–water partition coefficient (Wildman–Crippen LogP) is 4.00. The summed E-state index contributed by atoms with van der Waals surface area (Å²) >= 11 is 0. The molecule has 1 N–H and O–H groups in total. The molecule has 30 heavy (non-hydrogen) atoms. The zero-order valence-electron chi connectivity index (χ0n) is 17.9. The van der Waals surface area contributed by atoms with E-state index in [2.05, 4.69) is 22.6 Å². The second kappa shape index (κ2) is 9.91. The van der Waals surface area contributed by atoms with Gasteiger partial charge in [-0.15, -0.1) is 5.10 Å². The topological polar surface area (TPSA) is 78.3 Å². The van der Waals surface area contributed by atoms with Crippen LogP contribution in [0, 0.1) is 13.8 Å². The minimum Gasteiger partial charge on any atom is -0.493 e. The first kappa shape index (κ1) is 21.4. The molecule has 0 saturated heterocycles. The highest BCUT2D eigenvalue weighted by molar-refractivity contribution is 5.93. The zero-order chi connectivity index (χ0) is 21.5. The molecule has 2 aromatic carbocycles. The van der Waals surface area contributed by atoms with Crippen molar-refractivity contribution in [1.29, 1.82) is 0 Å². The molecule has 0 fully saturated rings. The number of nitrogens with one attached hydrogen (secondary N) is 1. The van der Waals surface area contributed by atoms with E-state index in [-0.39, 0.29) is 5.91 Å². The van der Waals surface area contributed by atoms with E-state index in [1.807, 2.05) is 56.3 Å². The minimum absolute atomic E-state index is 0.270. The molecule has 0 radical (unpaired) electrons. The maximum atomic E-state index is 12.7. The summed E-state index contributed by atoms with van der Waals surface area (Å²) in [6.45, 7) is 6.97. The third-order valence-electron chi connectivity index (χ3n) is 4.79. The molecule has 0 aliphatic heterocycles. The Morgan fingerprint density at radius 1 is 1.13 bits per heavy atom. The molecule has 1 aromatic heterocycles. The van der Waals surface area contributed by atoms with E-state index in [1.165, 1.54) is 0 Å². The lowest BCUT2D eigenvalue weighted by atomic mass is 10.2. The first-order valence-corrected chi connectivity index (χ1v) is 10.1. The fourth-order valence-corrected chi connectivity index (χ4v) is 3.08. The van der Waals surface area contributed by atoms with Crippen molar-refractivity contribution in [3.63, 3.8) is 0 Å². The van der Waals surface area contributed by atoms with E-state index in [0.717, 1.165) is 29.7 Å². The number of carbonyl (C=O) groups excluding carboxylic acids is 1. The van der Waals surface area contributed by atoms with Gasteiger partial charge in [-0.2, -0.15) is 0 Å². The monoisotopic (exact) mass is 408 g/mol. The van der Waals surface area contributed by atoms with Gasteiger partial charge in [-0.1, -0.05) is 36.8 Å². The van der Waals surface area contributed by atoms with Crippen LogP contribution in [0.1, 0.15) is 47.1 Å². The molecular weight excluding hydrogens is 380 g/mol. The smallest absolute Gasteiger partial charge is 0.274 e. The van der Waals surface area contributed by atoms with Crippen LogP contribution in [0.4, 0.5) is 0 Å². The number of benzene rings is 2. The third-order valence-corrected chi connectivity index (χ3v) is 4.79. The van der Waals surface area contributed by atoms with Crippen LogP contribution in [0.15, 0.2) is 42.5 Å². The van der Waals surface area contributed by atoms with Gasteiger partial charge in [0.2, 0.25) is 0 Å². The first-order chi connectivity index (χ1) is 14.5. The van der Waals surface area contributed by atoms with Gasteiger partial charge < -0.3 is 14.8 Å². The molecular formula is C23H28N4O3. The second-order valence-corrected chi connectivity index (χ2v) is 7.14. The Bertz CT molecular complexity index is 1010. The number of methoxy groups -OCH3 is 1. The Morgan fingerprint density at radius 3 is 2.70 bits per heavy atom. The van der Waals surface area contributed by atoms with Crippen LogP contribution in [-0.4, -0.2) is 34.6 Å². The number of rotatable bonds is 9. The largest absolute Gasteiger partial charge is 0.493 e. The van der Waals surface area contributed by atoms with E-state index >= 15 is 0 Å². The highest BCUT2D eigenvalue weighted by Crippen LogP contribution is 2.28. The van der Waals surface area contributed by atoms with Gasteiger partial charge >= 0.3 is 0 Å². The van der Waals surface area contributed by atoms with Crippen LogP contribution in [0.3, 0.4) is 0 Å². The molecule has 0 spiro atoms. The van der Waals surface area contributed by atoms with Gasteiger partial charge in [0.05, 0.1) is 25.1 Å². The van der Waals surface area contributed by atoms with Crippen LogP contribution in [0.2, 0.25) is 0 Å². The van der Waals surface area contributed by atoms with Crippen molar-refractivity contribution in [2.45, 2.75) is 40.2 Å². The maximum absolute atomic E-state index is 12.7. The number of aromatic nitrogens is 3. The highest BCUT2D eigenvalue weighted by atomic mass is 16.5. The van der Waals surface area contributed by atoms with Gasteiger partial charge in [0.15, 0.2) is 17.2 Å². The van der Waals surface area contributed by atoms with Gasteiger partial charge in [0.1, 0.15) is 0 Å². The van der Waals surface area contributed by atoms with Crippen molar-refractivity contribution in [3.05, 3.63) is 65.0 Å². The second-order valence-electron chi connectivity index (χ2n) is 7.14. The van der Waals surface area contributed by atoms with Crippen LogP contribution < -0.4 is 14.8 Å². The molecule has 0 aliphatic rings. The molecule has 0 bridgehead atoms. The van der Waals surface area contributed by atoms with Gasteiger partial charge in [-0.3, -0.25) is 4.79 Å². The van der Waals surface area contributed by atoms with Gasteiger partial charge in [-0.25, -0.2) is 4.68 Å². The molecule has 0 aliphatic carbocycles. The van der Waals surface area contributed by atoms with Crippen molar-refractivity contribution in [1.82, 2.24) is 20.3 Å². The first-order valence-electron chi connectivity index (χ1n) is 10.1. The lowest BCUT2D eigenvalue weighted by Crippen LogP contribution is -2.24. The summed E-state index contributed by atoms with van der Waals surface area (Å²) < 4.78 is 12.9. The number of aryl methyl sites for hydroxylation is 1. The quantitative estimate of drug-likeness (QED) is 0.542. The number of hydrogen-bond acceptors (Lipinski definition) is 5. The van der Waals surface area contributed by atoms with Crippen molar-refractivity contribution in [2.24, 2.45) is 0 Å². The van der Waals surface area contributed by atoms with Crippen LogP contribution in [0.5, 0.6) is 11.5 Å². The number of ether oxygens (including phenoxy) is 2. The van der Waals surface area contributed by atoms with E-state index < -0.39 is 0 Å². The number of amides is 1. The van der Waals surface area contributed by atoms with Crippen molar-refractivity contribution < 1.29 is 14.3 Å². The Labute approximate surface area is 177 Å². The molecule has 0 atom stereocenters. The summed E-state index contributed by atoms with van der Waals surface area (Å²) in [7, 11) is 1.61. The van der Waals surface area contributed by atoms with Gasteiger partial charge in [-0.05, 0) is 55.7 Å². The van der Waals surface area contributed by atoms with E-state index in [1.54, 1.807) is 11.8 Å². The van der Waals surface area contributed by atoms with Crippen molar-refractivity contribution >= 4 is 5.91 Å². The molecule has 7 nitrogen and oxygen atoms in total. The normalized spacial score (nSPS) is 10.7. The van der Waals surface area contributed by atoms with Crippen LogP contribution in [0.25, 0.3) is 5.69 Å². The molecule has 1 amide bonds. The van der Waals surface area contributed by atoms with E-state index in [4.69, 9.17) is 9.47 Å². The summed E-state index contributed by atoms with van der Waals surface area (Å²) in [5.41, 5.74) is 3.90. The van der Waals surface area contributed by atoms with Gasteiger partial charge in [0, 0.05) is 6.54 Å². The van der Waals surface area contributed by atoms with Crippen molar-refractivity contribution in [3.8, 4) is 17.2 Å². The minimum atomic E-state index is -0.270. The Balaban J connectivity index is 1.67. The number of hydrogen-bond donors (Lipinski definition) is 1. The van der Waals surface area contributed by atoms with Crippen molar-refractivity contribution in [2.75, 3.05) is 13.7 Å². The predicted molar refractivity (Wildman–Crippen MR) is 115 cm³/mol. The average molecular weight is 409 g/mol. The molecule has 3 aromatic rings. The summed E-state index contributed by atoms with van der Waals surface area (Å²) in [6, 6.07) is 13.6. The molecule has 158 valence electrons.